The molecule has 0 spiro atoms. The number of hydrogen-bond acceptors (Lipinski definition) is 8. The molecule has 3 aromatic carbocycles. The number of hydrogen-bond donors (Lipinski definition) is 1. The number of aromatic nitrogens is 4. The van der Waals surface area contributed by atoms with Crippen LogP contribution in [0.5, 0.6) is 23.1 Å². The quantitative estimate of drug-likeness (QED) is 0.242. The van der Waals surface area contributed by atoms with E-state index in [9.17, 15) is 14.0 Å². The second-order valence-electron chi connectivity index (χ2n) is 11.0. The van der Waals surface area contributed by atoms with E-state index in [1.54, 1.807) is 22.9 Å². The lowest BCUT2D eigenvalue weighted by Gasteiger charge is -2.19. The maximum atomic E-state index is 15.4. The van der Waals surface area contributed by atoms with Crippen molar-refractivity contribution in [3.63, 3.8) is 0 Å². The maximum absolute atomic E-state index is 15.4. The number of rotatable bonds is 8. The minimum atomic E-state index is -0.777. The van der Waals surface area contributed by atoms with Gasteiger partial charge in [-0.25, -0.2) is 23.4 Å². The number of halogens is 2. The van der Waals surface area contributed by atoms with Crippen molar-refractivity contribution in [1.29, 1.82) is 0 Å². The van der Waals surface area contributed by atoms with Crippen molar-refractivity contribution in [1.82, 2.24) is 19.3 Å². The molecule has 5 aromatic rings. The Morgan fingerprint density at radius 2 is 1.89 bits per heavy atom. The summed E-state index contributed by atoms with van der Waals surface area (Å²) in [6.07, 6.45) is 3.98. The smallest absolute Gasteiger partial charge is 0.284 e. The van der Waals surface area contributed by atoms with Crippen LogP contribution in [0.25, 0.3) is 16.6 Å². The summed E-state index contributed by atoms with van der Waals surface area (Å²) in [5.74, 6) is -1.21. The molecule has 1 fully saturated rings. The molecule has 0 bridgehead atoms. The van der Waals surface area contributed by atoms with Crippen LogP contribution in [-0.4, -0.2) is 51.7 Å². The first kappa shape index (κ1) is 29.4. The molecule has 4 heterocycles. The van der Waals surface area contributed by atoms with Crippen LogP contribution in [0.3, 0.4) is 0 Å². The van der Waals surface area contributed by atoms with Gasteiger partial charge in [0.05, 0.1) is 36.9 Å². The van der Waals surface area contributed by atoms with E-state index in [2.05, 4.69) is 15.3 Å². The fourth-order valence-corrected chi connectivity index (χ4v) is 5.84. The predicted octanol–water partition coefficient (Wildman–Crippen LogP) is 5.42. The third kappa shape index (κ3) is 5.42. The van der Waals surface area contributed by atoms with Gasteiger partial charge in [0.2, 0.25) is 5.88 Å². The molecular weight excluding hydrogens is 600 g/mol. The molecule has 46 heavy (non-hydrogen) atoms. The summed E-state index contributed by atoms with van der Waals surface area (Å²) in [7, 11) is 1.51. The van der Waals surface area contributed by atoms with Gasteiger partial charge in [-0.05, 0) is 49.6 Å². The van der Waals surface area contributed by atoms with E-state index >= 15 is 4.39 Å². The number of anilines is 1. The molecular formula is C33H29F2N5O6. The van der Waals surface area contributed by atoms with Gasteiger partial charge in [0, 0.05) is 30.8 Å². The molecule has 1 amide bonds. The van der Waals surface area contributed by atoms with Gasteiger partial charge < -0.3 is 24.3 Å². The van der Waals surface area contributed by atoms with Crippen molar-refractivity contribution >= 4 is 22.5 Å². The number of ether oxygens (including phenoxy) is 4. The third-order valence-corrected chi connectivity index (χ3v) is 8.05. The first-order valence-corrected chi connectivity index (χ1v) is 14.9. The van der Waals surface area contributed by atoms with Gasteiger partial charge in [-0.1, -0.05) is 12.1 Å². The van der Waals surface area contributed by atoms with Crippen LogP contribution in [0, 0.1) is 11.6 Å². The van der Waals surface area contributed by atoms with E-state index in [0.29, 0.717) is 54.3 Å². The molecule has 0 saturated carbocycles. The van der Waals surface area contributed by atoms with E-state index in [1.807, 2.05) is 0 Å². The van der Waals surface area contributed by atoms with Crippen molar-refractivity contribution in [3.05, 3.63) is 94.2 Å². The van der Waals surface area contributed by atoms with Crippen LogP contribution in [0.2, 0.25) is 0 Å². The highest BCUT2D eigenvalue weighted by molar-refractivity contribution is 6.05. The van der Waals surface area contributed by atoms with Crippen molar-refractivity contribution in [2.24, 2.45) is 0 Å². The Labute approximate surface area is 261 Å². The second-order valence-corrected chi connectivity index (χ2v) is 11.0. The summed E-state index contributed by atoms with van der Waals surface area (Å²) < 4.78 is 55.7. The van der Waals surface area contributed by atoms with E-state index in [4.69, 9.17) is 18.9 Å². The van der Waals surface area contributed by atoms with E-state index in [1.165, 1.54) is 48.5 Å². The van der Waals surface area contributed by atoms with E-state index in [0.717, 1.165) is 25.3 Å². The van der Waals surface area contributed by atoms with Crippen molar-refractivity contribution in [3.8, 4) is 28.8 Å². The molecule has 236 valence electrons. The molecule has 0 aliphatic carbocycles. The molecule has 1 saturated heterocycles. The number of nitrogens with zero attached hydrogens (tertiary/aromatic N) is 4. The Balaban J connectivity index is 1.14. The Morgan fingerprint density at radius 3 is 2.67 bits per heavy atom. The van der Waals surface area contributed by atoms with Crippen molar-refractivity contribution in [2.75, 3.05) is 25.6 Å². The Hall–Kier alpha value is -5.30. The summed E-state index contributed by atoms with van der Waals surface area (Å²) in [6, 6.07) is 13.2. The van der Waals surface area contributed by atoms with Crippen LogP contribution in [0.4, 0.5) is 14.5 Å². The molecule has 2 aromatic heterocycles. The number of amides is 1. The van der Waals surface area contributed by atoms with Gasteiger partial charge in [-0.3, -0.25) is 14.3 Å². The molecule has 2 aliphatic heterocycles. The molecule has 11 nitrogen and oxygen atoms in total. The zero-order chi connectivity index (χ0) is 31.8. The average Bonchev–Trinajstić information content (AvgIpc) is 3.67. The first-order chi connectivity index (χ1) is 22.4. The van der Waals surface area contributed by atoms with E-state index in [-0.39, 0.29) is 34.7 Å². The lowest BCUT2D eigenvalue weighted by atomic mass is 10.1. The Morgan fingerprint density at radius 1 is 1.02 bits per heavy atom. The topological polar surface area (TPSA) is 119 Å². The molecule has 0 radical (unpaired) electrons. The van der Waals surface area contributed by atoms with Gasteiger partial charge in [0.15, 0.2) is 23.1 Å². The van der Waals surface area contributed by atoms with Crippen LogP contribution in [-0.2, 0) is 17.7 Å². The summed E-state index contributed by atoms with van der Waals surface area (Å²) in [4.78, 5) is 35.4. The molecule has 7 rings (SSSR count). The van der Waals surface area contributed by atoms with Gasteiger partial charge in [0.1, 0.15) is 29.5 Å². The highest BCUT2D eigenvalue weighted by atomic mass is 19.1. The number of benzene rings is 3. The fourth-order valence-electron chi connectivity index (χ4n) is 5.84. The monoisotopic (exact) mass is 629 g/mol. The second kappa shape index (κ2) is 12.2. The Bertz CT molecular complexity index is 2020. The van der Waals surface area contributed by atoms with Crippen LogP contribution in [0.15, 0.2) is 65.7 Å². The highest BCUT2D eigenvalue weighted by Gasteiger charge is 2.29. The standard InChI is InChI=1S/C33H29F2N5O6/c1-43-28-15-21-24(16-29(28)45-20-11-13-44-17-20)36-18-37-32(21)46-27-10-9-19(14-23(27)35)38-31(41)30-26-8-4-5-12-39(26)40(33(30)42)25-7-3-2-6-22(25)34/h2-3,6-7,9-10,14-16,18,20H,4-5,8,11-13,17H2,1H3,(H,38,41)/t20-/m1/s1. The molecule has 1 N–H and O–H groups in total. The summed E-state index contributed by atoms with van der Waals surface area (Å²) in [5.41, 5.74) is 0.429. The minimum Gasteiger partial charge on any atom is -0.493 e. The number of nitrogens with one attached hydrogen (secondary N) is 1. The zero-order valence-electron chi connectivity index (χ0n) is 24.8. The average molecular weight is 630 g/mol. The number of carbonyl (C=O) groups is 1. The summed E-state index contributed by atoms with van der Waals surface area (Å²) in [6.45, 7) is 1.56. The number of para-hydroxylation sites is 1. The predicted molar refractivity (Wildman–Crippen MR) is 163 cm³/mol. The van der Waals surface area contributed by atoms with Crippen LogP contribution in [0.1, 0.15) is 35.3 Å². The van der Waals surface area contributed by atoms with Crippen molar-refractivity contribution < 1.29 is 32.5 Å². The highest BCUT2D eigenvalue weighted by Crippen LogP contribution is 2.37. The third-order valence-electron chi connectivity index (χ3n) is 8.05. The molecule has 0 unspecified atom stereocenters. The number of carbonyl (C=O) groups excluding carboxylic acids is 1. The largest absolute Gasteiger partial charge is 0.493 e. The summed E-state index contributed by atoms with van der Waals surface area (Å²) >= 11 is 0. The van der Waals surface area contributed by atoms with Crippen molar-refractivity contribution in [2.45, 2.75) is 38.3 Å². The van der Waals surface area contributed by atoms with Crippen LogP contribution < -0.4 is 25.1 Å². The van der Waals surface area contributed by atoms with E-state index < -0.39 is 23.1 Å². The van der Waals surface area contributed by atoms with Crippen LogP contribution >= 0.6 is 0 Å². The Kier molecular flexibility index (Phi) is 7.83. The van der Waals surface area contributed by atoms with Gasteiger partial charge in [-0.2, -0.15) is 0 Å². The normalized spacial score (nSPS) is 15.8. The summed E-state index contributed by atoms with van der Waals surface area (Å²) in [5, 5.41) is 3.09. The van der Waals surface area contributed by atoms with Gasteiger partial charge in [-0.15, -0.1) is 0 Å². The minimum absolute atomic E-state index is 0.0595. The SMILES string of the molecule is COc1cc2c(Oc3ccc(NC(=O)c4c5n(n(-c6ccccc6F)c4=O)CCCC5)cc3F)ncnc2cc1O[C@@H]1CCOC1. The lowest BCUT2D eigenvalue weighted by molar-refractivity contribution is 0.102. The fraction of sp³-hybridized carbons (Fsp3) is 0.273. The molecule has 13 heteroatoms. The molecule has 1 atom stereocenters. The zero-order valence-corrected chi connectivity index (χ0v) is 24.8. The number of methoxy groups -OCH3 is 1. The van der Waals surface area contributed by atoms with Gasteiger partial charge >= 0.3 is 0 Å². The maximum Gasteiger partial charge on any atom is 0.284 e. The molecule has 2 aliphatic rings. The lowest BCUT2D eigenvalue weighted by Crippen LogP contribution is -2.26. The van der Waals surface area contributed by atoms with Gasteiger partial charge in [0.25, 0.3) is 11.5 Å². The number of fused-ring (bicyclic) bond motifs is 2. The first-order valence-electron chi connectivity index (χ1n) is 14.9.